The van der Waals surface area contributed by atoms with Crippen molar-refractivity contribution in [1.29, 1.82) is 0 Å². The van der Waals surface area contributed by atoms with Gasteiger partial charge in [-0.3, -0.25) is 4.79 Å². The summed E-state index contributed by atoms with van der Waals surface area (Å²) in [5.74, 6) is -0.538. The van der Waals surface area contributed by atoms with Crippen LogP contribution < -0.4 is 5.32 Å². The zero-order chi connectivity index (χ0) is 23.2. The Morgan fingerprint density at radius 3 is 2.36 bits per heavy atom. The lowest BCUT2D eigenvalue weighted by molar-refractivity contribution is 0.0940. The number of azo groups is 1. The van der Waals surface area contributed by atoms with E-state index in [-0.39, 0.29) is 28.9 Å². The topological polar surface area (TPSA) is 74.0 Å². The molecule has 4 aromatic rings. The van der Waals surface area contributed by atoms with Crippen molar-refractivity contribution in [2.45, 2.75) is 19.9 Å². The first-order chi connectivity index (χ1) is 16.0. The highest BCUT2D eigenvalue weighted by atomic mass is 16.3. The van der Waals surface area contributed by atoms with Crippen LogP contribution in [0.5, 0.6) is 5.75 Å². The average Bonchev–Trinajstić information content (AvgIpc) is 2.82. The molecule has 4 rings (SSSR count). The maximum atomic E-state index is 12.7. The van der Waals surface area contributed by atoms with Gasteiger partial charge in [0.25, 0.3) is 5.91 Å². The second kappa shape index (κ2) is 9.92. The first-order valence-electron chi connectivity index (χ1n) is 10.8. The van der Waals surface area contributed by atoms with E-state index in [0.29, 0.717) is 5.69 Å². The molecular formula is C28H25N3O2. The highest BCUT2D eigenvalue weighted by Gasteiger charge is 2.18. The molecule has 0 saturated carbocycles. The van der Waals surface area contributed by atoms with Crippen molar-refractivity contribution in [2.75, 3.05) is 0 Å². The normalized spacial score (nSPS) is 11.6. The third kappa shape index (κ3) is 5.15. The molecule has 0 aliphatic carbocycles. The smallest absolute Gasteiger partial charge is 0.255 e. The Kier molecular flexibility index (Phi) is 6.60. The lowest BCUT2D eigenvalue weighted by atomic mass is 10.0. The van der Waals surface area contributed by atoms with Gasteiger partial charge in [-0.15, -0.1) is 10.2 Å². The summed E-state index contributed by atoms with van der Waals surface area (Å²) in [6.45, 7) is 3.74. The largest absolute Gasteiger partial charge is 0.505 e. The van der Waals surface area contributed by atoms with E-state index in [0.717, 1.165) is 21.9 Å². The number of hydrogen-bond donors (Lipinski definition) is 2. The van der Waals surface area contributed by atoms with Gasteiger partial charge < -0.3 is 10.4 Å². The zero-order valence-electron chi connectivity index (χ0n) is 18.6. The number of fused-ring (bicyclic) bond motifs is 1. The number of carbonyl (C=O) groups is 1. The Labute approximate surface area is 193 Å². The number of nitrogens with zero attached hydrogens (tertiary/aromatic N) is 2. The molecule has 0 unspecified atom stereocenters. The van der Waals surface area contributed by atoms with Crippen molar-refractivity contribution >= 4 is 40.2 Å². The van der Waals surface area contributed by atoms with Crippen LogP contribution in [0, 0.1) is 0 Å². The van der Waals surface area contributed by atoms with Gasteiger partial charge >= 0.3 is 0 Å². The van der Waals surface area contributed by atoms with E-state index < -0.39 is 0 Å². The third-order valence-electron chi connectivity index (χ3n) is 5.11. The average molecular weight is 436 g/mol. The Bertz CT molecular complexity index is 1340. The first kappa shape index (κ1) is 22.0. The van der Waals surface area contributed by atoms with Gasteiger partial charge in [0.15, 0.2) is 5.75 Å². The van der Waals surface area contributed by atoms with Gasteiger partial charge in [0.1, 0.15) is 5.69 Å². The first-order valence-corrected chi connectivity index (χ1v) is 10.8. The number of nitrogens with one attached hydrogen (secondary N) is 1. The molecule has 0 aromatic heterocycles. The predicted molar refractivity (Wildman–Crippen MR) is 134 cm³/mol. The van der Waals surface area contributed by atoms with Crippen LogP contribution in [0.25, 0.3) is 22.9 Å². The minimum Gasteiger partial charge on any atom is -0.505 e. The summed E-state index contributed by atoms with van der Waals surface area (Å²) in [6, 6.07) is 26.8. The van der Waals surface area contributed by atoms with Gasteiger partial charge in [0.05, 0.1) is 11.3 Å². The van der Waals surface area contributed by atoms with Crippen LogP contribution >= 0.6 is 0 Å². The molecule has 0 aliphatic heterocycles. The second-order valence-electron chi connectivity index (χ2n) is 7.97. The summed E-state index contributed by atoms with van der Waals surface area (Å²) in [6.07, 6.45) is 3.99. The molecule has 0 heterocycles. The Hall–Kier alpha value is -4.25. The fourth-order valence-electron chi connectivity index (χ4n) is 3.51. The number of aromatic hydroxyl groups is 1. The van der Waals surface area contributed by atoms with E-state index in [1.807, 2.05) is 105 Å². The maximum absolute atomic E-state index is 12.7. The van der Waals surface area contributed by atoms with E-state index >= 15 is 0 Å². The molecule has 1 amide bonds. The zero-order valence-corrected chi connectivity index (χ0v) is 18.6. The standard InChI is InChI=1S/C28H25N3O2/c1-19(2)29-28(33)24-18-22-13-6-8-14-23(22)26(27(24)32)31-30-25-15-9-7-12-21(25)17-16-20-10-4-3-5-11-20/h3-19,32H,1-2H3,(H,29,33)/b17-16+,31-30+. The number of benzene rings is 4. The predicted octanol–water partition coefficient (Wildman–Crippen LogP) is 7.27. The van der Waals surface area contributed by atoms with Gasteiger partial charge in [0, 0.05) is 17.0 Å². The van der Waals surface area contributed by atoms with Gasteiger partial charge in [-0.05, 0) is 36.9 Å². The van der Waals surface area contributed by atoms with Crippen molar-refractivity contribution in [1.82, 2.24) is 5.32 Å². The number of hydrogen-bond acceptors (Lipinski definition) is 4. The van der Waals surface area contributed by atoms with Crippen LogP contribution in [-0.2, 0) is 0 Å². The Morgan fingerprint density at radius 1 is 0.879 bits per heavy atom. The molecule has 0 bridgehead atoms. The van der Waals surface area contributed by atoms with Crippen molar-refractivity contribution in [3.63, 3.8) is 0 Å². The second-order valence-corrected chi connectivity index (χ2v) is 7.97. The highest BCUT2D eigenvalue weighted by Crippen LogP contribution is 2.39. The van der Waals surface area contributed by atoms with Crippen LogP contribution in [-0.4, -0.2) is 17.1 Å². The van der Waals surface area contributed by atoms with E-state index in [2.05, 4.69) is 15.5 Å². The van der Waals surface area contributed by atoms with Crippen LogP contribution in [0.2, 0.25) is 0 Å². The minimum absolute atomic E-state index is 0.0586. The van der Waals surface area contributed by atoms with Gasteiger partial charge in [-0.25, -0.2) is 0 Å². The maximum Gasteiger partial charge on any atom is 0.255 e. The van der Waals surface area contributed by atoms with E-state index in [4.69, 9.17) is 0 Å². The number of phenolic OH excluding ortho intramolecular Hbond substituents is 1. The molecule has 5 nitrogen and oxygen atoms in total. The molecule has 33 heavy (non-hydrogen) atoms. The summed E-state index contributed by atoms with van der Waals surface area (Å²) >= 11 is 0. The molecular weight excluding hydrogens is 410 g/mol. The molecule has 0 fully saturated rings. The summed E-state index contributed by atoms with van der Waals surface area (Å²) in [7, 11) is 0. The van der Waals surface area contributed by atoms with Crippen molar-refractivity contribution < 1.29 is 9.90 Å². The Morgan fingerprint density at radius 2 is 1.58 bits per heavy atom. The molecule has 4 aromatic carbocycles. The van der Waals surface area contributed by atoms with E-state index in [1.165, 1.54) is 0 Å². The van der Waals surface area contributed by atoms with Crippen LogP contribution in [0.15, 0.2) is 95.2 Å². The van der Waals surface area contributed by atoms with Crippen LogP contribution in [0.1, 0.15) is 35.3 Å². The van der Waals surface area contributed by atoms with Gasteiger partial charge in [-0.2, -0.15) is 0 Å². The van der Waals surface area contributed by atoms with Gasteiger partial charge in [0.2, 0.25) is 0 Å². The molecule has 0 aliphatic rings. The minimum atomic E-state index is -0.351. The summed E-state index contributed by atoms with van der Waals surface area (Å²) in [4.78, 5) is 12.7. The molecule has 0 spiro atoms. The molecule has 0 radical (unpaired) electrons. The number of rotatable bonds is 6. The molecule has 164 valence electrons. The lowest BCUT2D eigenvalue weighted by Crippen LogP contribution is -2.30. The number of carbonyl (C=O) groups excluding carboxylic acids is 1. The summed E-state index contributed by atoms with van der Waals surface area (Å²) in [5, 5.41) is 24.1. The third-order valence-corrected chi connectivity index (χ3v) is 5.11. The fraction of sp³-hybridized carbons (Fsp3) is 0.107. The van der Waals surface area contributed by atoms with Crippen molar-refractivity contribution in [3.05, 3.63) is 102 Å². The monoisotopic (exact) mass is 435 g/mol. The SMILES string of the molecule is CC(C)NC(=O)c1cc2ccccc2c(/N=N/c2ccccc2/C=C/c2ccccc2)c1O. The molecule has 0 atom stereocenters. The summed E-state index contributed by atoms with van der Waals surface area (Å²) < 4.78 is 0. The number of amides is 1. The highest BCUT2D eigenvalue weighted by molar-refractivity contribution is 6.06. The summed E-state index contributed by atoms with van der Waals surface area (Å²) in [5.41, 5.74) is 3.07. The molecule has 0 saturated heterocycles. The van der Waals surface area contributed by atoms with E-state index in [1.54, 1.807) is 6.07 Å². The van der Waals surface area contributed by atoms with Gasteiger partial charge in [-0.1, -0.05) is 84.9 Å². The Balaban J connectivity index is 1.75. The number of phenols is 1. The van der Waals surface area contributed by atoms with Crippen LogP contribution in [0.4, 0.5) is 11.4 Å². The van der Waals surface area contributed by atoms with Crippen LogP contribution in [0.3, 0.4) is 0 Å². The van der Waals surface area contributed by atoms with E-state index in [9.17, 15) is 9.90 Å². The van der Waals surface area contributed by atoms with Crippen molar-refractivity contribution in [3.8, 4) is 5.75 Å². The quantitative estimate of drug-likeness (QED) is 0.247. The lowest BCUT2D eigenvalue weighted by Gasteiger charge is -2.12. The molecule has 2 N–H and O–H groups in total. The fourth-order valence-corrected chi connectivity index (χ4v) is 3.51. The molecule has 5 heteroatoms. The van der Waals surface area contributed by atoms with Crippen molar-refractivity contribution in [2.24, 2.45) is 10.2 Å².